The maximum absolute atomic E-state index is 5.57. The third kappa shape index (κ3) is 2.18. The lowest BCUT2D eigenvalue weighted by atomic mass is 10.1. The standard InChI is InChI=1S/C14H13N5/c1-10-3-4-11(12-8-17-14(15)9-16-12)13(7-10)19-6-2-5-18-19/h2-9H,1H3,(H2,15,17). The fourth-order valence-electron chi connectivity index (χ4n) is 1.94. The highest BCUT2D eigenvalue weighted by molar-refractivity contribution is 5.70. The minimum absolute atomic E-state index is 0.413. The van der Waals surface area contributed by atoms with Gasteiger partial charge in [-0.25, -0.2) is 9.67 Å². The number of rotatable bonds is 2. The van der Waals surface area contributed by atoms with Crippen molar-refractivity contribution in [3.8, 4) is 16.9 Å². The Morgan fingerprint density at radius 2 is 2.05 bits per heavy atom. The van der Waals surface area contributed by atoms with Gasteiger partial charge in [-0.1, -0.05) is 12.1 Å². The number of nitrogens with two attached hydrogens (primary N) is 1. The van der Waals surface area contributed by atoms with Crippen LogP contribution in [-0.2, 0) is 0 Å². The predicted molar refractivity (Wildman–Crippen MR) is 73.7 cm³/mol. The molecule has 5 heteroatoms. The molecular formula is C14H13N5. The second kappa shape index (κ2) is 4.53. The molecule has 2 heterocycles. The molecule has 2 N–H and O–H groups in total. The molecule has 19 heavy (non-hydrogen) atoms. The molecule has 0 saturated carbocycles. The van der Waals surface area contributed by atoms with Gasteiger partial charge in [0.1, 0.15) is 5.82 Å². The first-order chi connectivity index (χ1) is 9.24. The Morgan fingerprint density at radius 1 is 1.16 bits per heavy atom. The number of hydrogen-bond donors (Lipinski definition) is 1. The molecule has 0 unspecified atom stereocenters. The third-order valence-electron chi connectivity index (χ3n) is 2.85. The number of hydrogen-bond acceptors (Lipinski definition) is 4. The number of nitrogens with zero attached hydrogens (tertiary/aromatic N) is 4. The monoisotopic (exact) mass is 251 g/mol. The van der Waals surface area contributed by atoms with Crippen LogP contribution >= 0.6 is 0 Å². The Kier molecular flexibility index (Phi) is 2.72. The van der Waals surface area contributed by atoms with Gasteiger partial charge >= 0.3 is 0 Å². The quantitative estimate of drug-likeness (QED) is 0.758. The summed E-state index contributed by atoms with van der Waals surface area (Å²) in [5.74, 6) is 0.413. The highest BCUT2D eigenvalue weighted by Gasteiger charge is 2.09. The van der Waals surface area contributed by atoms with E-state index in [9.17, 15) is 0 Å². The molecule has 0 fully saturated rings. The van der Waals surface area contributed by atoms with Gasteiger partial charge in [-0.3, -0.25) is 4.98 Å². The zero-order valence-corrected chi connectivity index (χ0v) is 10.5. The second-order valence-corrected chi connectivity index (χ2v) is 4.30. The first kappa shape index (κ1) is 11.4. The first-order valence-electron chi connectivity index (χ1n) is 5.92. The van der Waals surface area contributed by atoms with Gasteiger partial charge in [0.15, 0.2) is 0 Å². The average molecular weight is 251 g/mol. The van der Waals surface area contributed by atoms with Crippen molar-refractivity contribution in [1.29, 1.82) is 0 Å². The van der Waals surface area contributed by atoms with E-state index < -0.39 is 0 Å². The van der Waals surface area contributed by atoms with Crippen LogP contribution in [0.3, 0.4) is 0 Å². The van der Waals surface area contributed by atoms with Crippen LogP contribution < -0.4 is 5.73 Å². The van der Waals surface area contributed by atoms with Crippen molar-refractivity contribution in [2.24, 2.45) is 0 Å². The molecule has 0 aliphatic heterocycles. The van der Waals surface area contributed by atoms with Crippen molar-refractivity contribution in [2.75, 3.05) is 5.73 Å². The van der Waals surface area contributed by atoms with Crippen LogP contribution in [0.25, 0.3) is 16.9 Å². The lowest BCUT2D eigenvalue weighted by Gasteiger charge is -2.10. The molecule has 2 aromatic heterocycles. The number of nitrogen functional groups attached to an aromatic ring is 1. The van der Waals surface area contributed by atoms with Gasteiger partial charge in [0.05, 0.1) is 23.8 Å². The number of aryl methyl sites for hydroxylation is 1. The topological polar surface area (TPSA) is 69.6 Å². The van der Waals surface area contributed by atoms with E-state index in [-0.39, 0.29) is 0 Å². The SMILES string of the molecule is Cc1ccc(-c2cnc(N)cn2)c(-n2cccn2)c1. The highest BCUT2D eigenvalue weighted by Crippen LogP contribution is 2.25. The number of aromatic nitrogens is 4. The van der Waals surface area contributed by atoms with E-state index in [1.165, 1.54) is 0 Å². The molecular weight excluding hydrogens is 238 g/mol. The van der Waals surface area contributed by atoms with Gasteiger partial charge in [0.25, 0.3) is 0 Å². The third-order valence-corrected chi connectivity index (χ3v) is 2.85. The smallest absolute Gasteiger partial charge is 0.141 e. The number of benzene rings is 1. The van der Waals surface area contributed by atoms with Crippen LogP contribution in [0.1, 0.15) is 5.56 Å². The first-order valence-corrected chi connectivity index (χ1v) is 5.92. The molecule has 0 spiro atoms. The van der Waals surface area contributed by atoms with E-state index in [1.54, 1.807) is 18.6 Å². The molecule has 94 valence electrons. The Hall–Kier alpha value is -2.69. The zero-order chi connectivity index (χ0) is 13.2. The largest absolute Gasteiger partial charge is 0.382 e. The molecule has 1 aromatic carbocycles. The molecule has 0 atom stereocenters. The van der Waals surface area contributed by atoms with Crippen molar-refractivity contribution in [2.45, 2.75) is 6.92 Å². The molecule has 0 bridgehead atoms. The van der Waals surface area contributed by atoms with Crippen molar-refractivity contribution in [3.05, 3.63) is 54.6 Å². The molecule has 0 aliphatic carbocycles. The summed E-state index contributed by atoms with van der Waals surface area (Å²) in [7, 11) is 0. The molecule has 0 amide bonds. The van der Waals surface area contributed by atoms with Crippen molar-refractivity contribution in [1.82, 2.24) is 19.7 Å². The highest BCUT2D eigenvalue weighted by atomic mass is 15.3. The zero-order valence-electron chi connectivity index (χ0n) is 10.5. The minimum Gasteiger partial charge on any atom is -0.382 e. The molecule has 5 nitrogen and oxygen atoms in total. The van der Waals surface area contributed by atoms with E-state index in [2.05, 4.69) is 21.1 Å². The summed E-state index contributed by atoms with van der Waals surface area (Å²) < 4.78 is 1.82. The van der Waals surface area contributed by atoms with Crippen LogP contribution in [0.5, 0.6) is 0 Å². The summed E-state index contributed by atoms with van der Waals surface area (Å²) in [6.45, 7) is 2.05. The van der Waals surface area contributed by atoms with E-state index in [0.29, 0.717) is 5.82 Å². The molecule has 0 saturated heterocycles. The van der Waals surface area contributed by atoms with Gasteiger partial charge in [-0.15, -0.1) is 0 Å². The Balaban J connectivity index is 2.18. The van der Waals surface area contributed by atoms with Crippen LogP contribution in [0.15, 0.2) is 49.1 Å². The lowest BCUT2D eigenvalue weighted by molar-refractivity contribution is 0.880. The normalized spacial score (nSPS) is 10.6. The summed E-state index contributed by atoms with van der Waals surface area (Å²) >= 11 is 0. The molecule has 0 aliphatic rings. The van der Waals surface area contributed by atoms with Crippen LogP contribution in [-0.4, -0.2) is 19.7 Å². The van der Waals surface area contributed by atoms with Crippen LogP contribution in [0.2, 0.25) is 0 Å². The summed E-state index contributed by atoms with van der Waals surface area (Å²) in [6, 6.07) is 8.02. The fraction of sp³-hybridized carbons (Fsp3) is 0.0714. The van der Waals surface area contributed by atoms with Crippen molar-refractivity contribution in [3.63, 3.8) is 0 Å². The van der Waals surface area contributed by atoms with Gasteiger partial charge in [-0.05, 0) is 24.6 Å². The van der Waals surface area contributed by atoms with E-state index >= 15 is 0 Å². The minimum atomic E-state index is 0.413. The summed E-state index contributed by atoms with van der Waals surface area (Å²) in [4.78, 5) is 8.41. The fourth-order valence-corrected chi connectivity index (χ4v) is 1.94. The Bertz CT molecular complexity index is 686. The summed E-state index contributed by atoms with van der Waals surface area (Å²) in [5, 5.41) is 4.28. The maximum atomic E-state index is 5.57. The Labute approximate surface area is 110 Å². The van der Waals surface area contributed by atoms with E-state index in [0.717, 1.165) is 22.5 Å². The summed E-state index contributed by atoms with van der Waals surface area (Å²) in [5.41, 5.74) is 9.46. The summed E-state index contributed by atoms with van der Waals surface area (Å²) in [6.07, 6.45) is 6.89. The maximum Gasteiger partial charge on any atom is 0.141 e. The van der Waals surface area contributed by atoms with Crippen molar-refractivity contribution < 1.29 is 0 Å². The van der Waals surface area contributed by atoms with Gasteiger partial charge < -0.3 is 5.73 Å². The number of anilines is 1. The van der Waals surface area contributed by atoms with Crippen LogP contribution in [0.4, 0.5) is 5.82 Å². The molecule has 0 radical (unpaired) electrons. The molecule has 3 aromatic rings. The predicted octanol–water partition coefficient (Wildman–Crippen LogP) is 2.22. The van der Waals surface area contributed by atoms with Crippen LogP contribution in [0, 0.1) is 6.92 Å². The Morgan fingerprint density at radius 3 is 2.74 bits per heavy atom. The van der Waals surface area contributed by atoms with Crippen molar-refractivity contribution >= 4 is 5.82 Å². The lowest BCUT2D eigenvalue weighted by Crippen LogP contribution is -2.00. The average Bonchev–Trinajstić information content (AvgIpc) is 2.94. The van der Waals surface area contributed by atoms with E-state index in [4.69, 9.17) is 5.73 Å². The van der Waals surface area contributed by atoms with E-state index in [1.807, 2.05) is 36.0 Å². The van der Waals surface area contributed by atoms with Gasteiger partial charge in [0.2, 0.25) is 0 Å². The van der Waals surface area contributed by atoms with Gasteiger partial charge in [-0.2, -0.15) is 5.10 Å². The molecule has 3 rings (SSSR count). The second-order valence-electron chi connectivity index (χ2n) is 4.30. The van der Waals surface area contributed by atoms with Gasteiger partial charge in [0, 0.05) is 18.0 Å².